The molecule has 7 heteroatoms. The molecule has 3 rings (SSSR count). The maximum Gasteiger partial charge on any atom is 0.342 e. The van der Waals surface area contributed by atoms with Crippen molar-refractivity contribution in [1.82, 2.24) is 0 Å². The second-order valence-electron chi connectivity index (χ2n) is 6.10. The minimum Gasteiger partial charge on any atom is -0.496 e. The Labute approximate surface area is 156 Å². The molecule has 0 bridgehead atoms. The molecule has 2 aromatic carbocycles. The molecular formula is C19H19ClN2O4. The fourth-order valence-electron chi connectivity index (χ4n) is 3.12. The van der Waals surface area contributed by atoms with E-state index < -0.39 is 5.97 Å². The van der Waals surface area contributed by atoms with E-state index in [1.807, 2.05) is 31.2 Å². The van der Waals surface area contributed by atoms with Crippen LogP contribution in [0.15, 0.2) is 36.4 Å². The highest BCUT2D eigenvalue weighted by molar-refractivity contribution is 6.33. The number of nitrogens with two attached hydrogens (primary N) is 1. The standard InChI is InChI=1S/C19H19ClN2O4/c1-11-7-12-5-3-4-6-16(12)22(11)18(23)10-26-19(24)13-8-14(20)15(21)9-17(13)25-2/h3-6,8-9,11H,7,10,21H2,1-2H3/t11-/m0/s1. The van der Waals surface area contributed by atoms with Crippen LogP contribution in [0, 0.1) is 0 Å². The maximum atomic E-state index is 12.6. The first-order valence-electron chi connectivity index (χ1n) is 8.12. The van der Waals surface area contributed by atoms with Gasteiger partial charge >= 0.3 is 5.97 Å². The first-order valence-corrected chi connectivity index (χ1v) is 8.50. The van der Waals surface area contributed by atoms with E-state index in [4.69, 9.17) is 26.8 Å². The lowest BCUT2D eigenvalue weighted by molar-refractivity contribution is -0.122. The molecule has 1 heterocycles. The number of carbonyl (C=O) groups excluding carboxylic acids is 2. The third-order valence-electron chi connectivity index (χ3n) is 4.34. The van der Waals surface area contributed by atoms with Gasteiger partial charge in [0.2, 0.25) is 0 Å². The van der Waals surface area contributed by atoms with E-state index in [2.05, 4.69) is 0 Å². The Morgan fingerprint density at radius 1 is 1.31 bits per heavy atom. The summed E-state index contributed by atoms with van der Waals surface area (Å²) >= 11 is 5.96. The van der Waals surface area contributed by atoms with Crippen LogP contribution in [0.5, 0.6) is 5.75 Å². The number of nitrogen functional groups attached to an aromatic ring is 1. The Hall–Kier alpha value is -2.73. The zero-order valence-corrected chi connectivity index (χ0v) is 15.2. The van der Waals surface area contributed by atoms with E-state index in [0.29, 0.717) is 5.69 Å². The van der Waals surface area contributed by atoms with E-state index in [0.717, 1.165) is 17.7 Å². The Morgan fingerprint density at radius 3 is 2.77 bits per heavy atom. The molecule has 0 aliphatic carbocycles. The number of fused-ring (bicyclic) bond motifs is 1. The molecular weight excluding hydrogens is 356 g/mol. The number of amides is 1. The van der Waals surface area contributed by atoms with Crippen molar-refractivity contribution in [1.29, 1.82) is 0 Å². The molecule has 0 unspecified atom stereocenters. The number of anilines is 2. The molecule has 136 valence electrons. The zero-order chi connectivity index (χ0) is 18.8. The smallest absolute Gasteiger partial charge is 0.342 e. The molecule has 26 heavy (non-hydrogen) atoms. The average Bonchev–Trinajstić information content (AvgIpc) is 2.97. The average molecular weight is 375 g/mol. The highest BCUT2D eigenvalue weighted by Gasteiger charge is 2.31. The van der Waals surface area contributed by atoms with E-state index in [1.165, 1.54) is 19.2 Å². The first kappa shape index (κ1) is 18.1. The van der Waals surface area contributed by atoms with Crippen LogP contribution in [0.2, 0.25) is 5.02 Å². The summed E-state index contributed by atoms with van der Waals surface area (Å²) in [6.07, 6.45) is 0.775. The predicted octanol–water partition coefficient (Wildman–Crippen LogP) is 3.07. The molecule has 0 fully saturated rings. The number of halogens is 1. The van der Waals surface area contributed by atoms with Gasteiger partial charge in [0.05, 0.1) is 17.8 Å². The van der Waals surface area contributed by atoms with Crippen molar-refractivity contribution in [3.8, 4) is 5.75 Å². The van der Waals surface area contributed by atoms with Gasteiger partial charge in [-0.1, -0.05) is 29.8 Å². The third-order valence-corrected chi connectivity index (χ3v) is 4.67. The fourth-order valence-corrected chi connectivity index (χ4v) is 3.28. The van der Waals surface area contributed by atoms with Crippen LogP contribution in [0.4, 0.5) is 11.4 Å². The Balaban J connectivity index is 1.73. The number of nitrogens with zero attached hydrogens (tertiary/aromatic N) is 1. The minimum atomic E-state index is -0.697. The van der Waals surface area contributed by atoms with E-state index in [-0.39, 0.29) is 34.9 Å². The quantitative estimate of drug-likeness (QED) is 0.657. The lowest BCUT2D eigenvalue weighted by atomic mass is 10.1. The lowest BCUT2D eigenvalue weighted by Gasteiger charge is -2.22. The van der Waals surface area contributed by atoms with Crippen LogP contribution >= 0.6 is 11.6 Å². The van der Waals surface area contributed by atoms with Crippen LogP contribution in [-0.4, -0.2) is 31.6 Å². The number of hydrogen-bond acceptors (Lipinski definition) is 5. The molecule has 0 saturated heterocycles. The number of carbonyl (C=O) groups is 2. The van der Waals surface area contributed by atoms with Crippen LogP contribution in [-0.2, 0) is 16.0 Å². The van der Waals surface area contributed by atoms with Crippen molar-refractivity contribution in [3.05, 3.63) is 52.5 Å². The van der Waals surface area contributed by atoms with Gasteiger partial charge in [0, 0.05) is 17.8 Å². The van der Waals surface area contributed by atoms with E-state index >= 15 is 0 Å². The SMILES string of the molecule is COc1cc(N)c(Cl)cc1C(=O)OCC(=O)N1c2ccccc2C[C@@H]1C. The van der Waals surface area contributed by atoms with Crippen LogP contribution in [0.3, 0.4) is 0 Å². The summed E-state index contributed by atoms with van der Waals surface area (Å²) in [7, 11) is 1.41. The maximum absolute atomic E-state index is 12.6. The van der Waals surface area contributed by atoms with Gasteiger partial charge in [0.1, 0.15) is 11.3 Å². The fraction of sp³-hybridized carbons (Fsp3) is 0.263. The van der Waals surface area contributed by atoms with Crippen molar-refractivity contribution >= 4 is 34.9 Å². The summed E-state index contributed by atoms with van der Waals surface area (Å²) in [5.74, 6) is -0.738. The number of rotatable bonds is 4. The van der Waals surface area contributed by atoms with Gasteiger partial charge in [-0.25, -0.2) is 4.79 Å². The van der Waals surface area contributed by atoms with Gasteiger partial charge in [-0.2, -0.15) is 0 Å². The highest BCUT2D eigenvalue weighted by atomic mass is 35.5. The number of methoxy groups -OCH3 is 1. The number of ether oxygens (including phenoxy) is 2. The summed E-state index contributed by atoms with van der Waals surface area (Å²) in [6, 6.07) is 10.5. The number of hydrogen-bond donors (Lipinski definition) is 1. The summed E-state index contributed by atoms with van der Waals surface area (Å²) in [5, 5.41) is 0.214. The summed E-state index contributed by atoms with van der Waals surface area (Å²) in [4.78, 5) is 26.6. The van der Waals surface area contributed by atoms with E-state index in [1.54, 1.807) is 4.90 Å². The van der Waals surface area contributed by atoms with Crippen LogP contribution < -0.4 is 15.4 Å². The van der Waals surface area contributed by atoms with Crippen molar-refractivity contribution in [2.45, 2.75) is 19.4 Å². The molecule has 0 radical (unpaired) electrons. The topological polar surface area (TPSA) is 81.9 Å². The molecule has 1 aliphatic heterocycles. The van der Waals surface area contributed by atoms with Crippen LogP contribution in [0.25, 0.3) is 0 Å². The molecule has 1 atom stereocenters. The molecule has 1 aliphatic rings. The number of para-hydroxylation sites is 1. The second kappa shape index (κ2) is 7.25. The molecule has 1 amide bonds. The van der Waals surface area contributed by atoms with Gasteiger partial charge < -0.3 is 20.1 Å². The first-order chi connectivity index (χ1) is 12.4. The largest absolute Gasteiger partial charge is 0.496 e. The summed E-state index contributed by atoms with van der Waals surface area (Å²) in [6.45, 7) is 1.59. The molecule has 0 saturated carbocycles. The number of esters is 1. The third kappa shape index (κ3) is 3.32. The van der Waals surface area contributed by atoms with Gasteiger partial charge in [0.25, 0.3) is 5.91 Å². The zero-order valence-electron chi connectivity index (χ0n) is 14.5. The van der Waals surface area contributed by atoms with Crippen molar-refractivity contribution < 1.29 is 19.1 Å². The van der Waals surface area contributed by atoms with Gasteiger partial charge in [0.15, 0.2) is 6.61 Å². The van der Waals surface area contributed by atoms with Gasteiger partial charge in [-0.05, 0) is 31.0 Å². The minimum absolute atomic E-state index is 0.0131. The van der Waals surface area contributed by atoms with Crippen molar-refractivity contribution in [2.75, 3.05) is 24.4 Å². The van der Waals surface area contributed by atoms with Crippen LogP contribution in [0.1, 0.15) is 22.8 Å². The second-order valence-corrected chi connectivity index (χ2v) is 6.50. The molecule has 2 N–H and O–H groups in total. The van der Waals surface area contributed by atoms with Crippen molar-refractivity contribution in [2.24, 2.45) is 0 Å². The highest BCUT2D eigenvalue weighted by Crippen LogP contribution is 2.32. The molecule has 2 aromatic rings. The molecule has 6 nitrogen and oxygen atoms in total. The van der Waals surface area contributed by atoms with Gasteiger partial charge in [-0.15, -0.1) is 0 Å². The summed E-state index contributed by atoms with van der Waals surface area (Å²) < 4.78 is 10.3. The molecule has 0 spiro atoms. The number of benzene rings is 2. The Morgan fingerprint density at radius 2 is 2.04 bits per heavy atom. The lowest BCUT2D eigenvalue weighted by Crippen LogP contribution is -2.38. The normalized spacial score (nSPS) is 15.5. The summed E-state index contributed by atoms with van der Waals surface area (Å²) in [5.41, 5.74) is 8.08. The predicted molar refractivity (Wildman–Crippen MR) is 99.8 cm³/mol. The Kier molecular flexibility index (Phi) is 5.04. The van der Waals surface area contributed by atoms with Gasteiger partial charge in [-0.3, -0.25) is 4.79 Å². The molecule has 0 aromatic heterocycles. The van der Waals surface area contributed by atoms with Crippen molar-refractivity contribution in [3.63, 3.8) is 0 Å². The Bertz CT molecular complexity index is 869. The van der Waals surface area contributed by atoms with E-state index in [9.17, 15) is 9.59 Å². The monoisotopic (exact) mass is 374 g/mol.